The average molecular weight is 228 g/mol. The molecule has 90 valence electrons. The van der Waals surface area contributed by atoms with Gasteiger partial charge in [-0.3, -0.25) is 0 Å². The van der Waals surface area contributed by atoms with Gasteiger partial charge in [-0.25, -0.2) is 4.39 Å². The summed E-state index contributed by atoms with van der Waals surface area (Å²) in [6, 6.07) is 4.23. The van der Waals surface area contributed by atoms with E-state index in [0.29, 0.717) is 12.1 Å². The second-order valence-corrected chi connectivity index (χ2v) is 3.81. The lowest BCUT2D eigenvalue weighted by atomic mass is 9.98. The van der Waals surface area contributed by atoms with E-state index in [0.717, 1.165) is 0 Å². The van der Waals surface area contributed by atoms with Gasteiger partial charge in [0.2, 0.25) is 0 Å². The van der Waals surface area contributed by atoms with Crippen LogP contribution in [0.1, 0.15) is 13.3 Å². The normalized spacial score (nSPS) is 11.5. The molecule has 0 aliphatic rings. The highest BCUT2D eigenvalue weighted by atomic mass is 19.1. The van der Waals surface area contributed by atoms with Gasteiger partial charge in [0.1, 0.15) is 5.82 Å². The number of rotatable bonds is 5. The zero-order chi connectivity index (χ0) is 12.2. The van der Waals surface area contributed by atoms with Crippen LogP contribution in [0.3, 0.4) is 0 Å². The van der Waals surface area contributed by atoms with E-state index in [1.807, 2.05) is 0 Å². The lowest BCUT2D eigenvalue weighted by molar-refractivity contribution is 0.132. The summed E-state index contributed by atoms with van der Waals surface area (Å²) in [6.07, 6.45) is 0.476. The van der Waals surface area contributed by atoms with Crippen LogP contribution in [0.2, 0.25) is 0 Å². The average Bonchev–Trinajstić information content (AvgIpc) is 2.29. The molecule has 0 atom stereocenters. The van der Waals surface area contributed by atoms with E-state index in [9.17, 15) is 14.6 Å². The first kappa shape index (κ1) is 12.7. The van der Waals surface area contributed by atoms with Crippen LogP contribution in [0.4, 0.5) is 15.8 Å². The molecular formula is C11H17FN2O2. The molecule has 4 nitrogen and oxygen atoms in total. The van der Waals surface area contributed by atoms with Crippen molar-refractivity contribution in [3.05, 3.63) is 24.0 Å². The number of nitrogen functional groups attached to an aromatic ring is 1. The van der Waals surface area contributed by atoms with E-state index < -0.39 is 11.4 Å². The number of aliphatic hydroxyl groups excluding tert-OH is 2. The van der Waals surface area contributed by atoms with E-state index in [4.69, 9.17) is 5.73 Å². The summed E-state index contributed by atoms with van der Waals surface area (Å²) in [5, 5.41) is 21.2. The molecule has 0 amide bonds. The zero-order valence-electron chi connectivity index (χ0n) is 9.20. The second-order valence-electron chi connectivity index (χ2n) is 3.81. The SMILES string of the molecule is CCC(CO)(CO)Nc1ccc(N)cc1F. The maximum Gasteiger partial charge on any atom is 0.148 e. The maximum atomic E-state index is 13.5. The van der Waals surface area contributed by atoms with E-state index in [1.165, 1.54) is 12.1 Å². The smallest absolute Gasteiger partial charge is 0.148 e. The van der Waals surface area contributed by atoms with Gasteiger partial charge in [-0.05, 0) is 24.6 Å². The number of aliphatic hydroxyl groups is 2. The van der Waals surface area contributed by atoms with E-state index in [-0.39, 0.29) is 18.9 Å². The van der Waals surface area contributed by atoms with Crippen molar-refractivity contribution in [2.45, 2.75) is 18.9 Å². The van der Waals surface area contributed by atoms with Crippen LogP contribution >= 0.6 is 0 Å². The minimum Gasteiger partial charge on any atom is -0.399 e. The Labute approximate surface area is 93.9 Å². The van der Waals surface area contributed by atoms with Crippen molar-refractivity contribution >= 4 is 11.4 Å². The Morgan fingerprint density at radius 1 is 1.38 bits per heavy atom. The Morgan fingerprint density at radius 3 is 2.44 bits per heavy atom. The highest BCUT2D eigenvalue weighted by Crippen LogP contribution is 2.22. The molecule has 0 unspecified atom stereocenters. The first-order chi connectivity index (χ1) is 7.56. The standard InChI is InChI=1S/C11H17FN2O2/c1-2-11(6-15,7-16)14-10-4-3-8(13)5-9(10)12/h3-5,14-16H,2,6-7,13H2,1H3. The number of benzene rings is 1. The third kappa shape index (κ3) is 2.62. The summed E-state index contributed by atoms with van der Waals surface area (Å²) in [4.78, 5) is 0. The lowest BCUT2D eigenvalue weighted by Crippen LogP contribution is -2.45. The van der Waals surface area contributed by atoms with Crippen LogP contribution < -0.4 is 11.1 Å². The summed E-state index contributed by atoms with van der Waals surface area (Å²) in [7, 11) is 0. The number of hydrogen-bond donors (Lipinski definition) is 4. The Hall–Kier alpha value is -1.33. The molecule has 1 aromatic carbocycles. The van der Waals surface area contributed by atoms with Crippen LogP contribution in [0.25, 0.3) is 0 Å². The molecule has 0 spiro atoms. The van der Waals surface area contributed by atoms with E-state index in [1.54, 1.807) is 13.0 Å². The number of anilines is 2. The number of hydrogen-bond acceptors (Lipinski definition) is 4. The van der Waals surface area contributed by atoms with Crippen LogP contribution in [-0.4, -0.2) is 29.0 Å². The van der Waals surface area contributed by atoms with Crippen molar-refractivity contribution in [2.24, 2.45) is 0 Å². The molecule has 5 N–H and O–H groups in total. The third-order valence-electron chi connectivity index (χ3n) is 2.68. The Bertz CT molecular complexity index is 346. The van der Waals surface area contributed by atoms with Crippen molar-refractivity contribution in [3.8, 4) is 0 Å². The zero-order valence-corrected chi connectivity index (χ0v) is 9.20. The summed E-state index contributed by atoms with van der Waals surface area (Å²) in [6.45, 7) is 1.25. The van der Waals surface area contributed by atoms with Gasteiger partial charge in [-0.1, -0.05) is 6.92 Å². The van der Waals surface area contributed by atoms with Crippen LogP contribution in [0, 0.1) is 5.82 Å². The van der Waals surface area contributed by atoms with Crippen LogP contribution in [0.15, 0.2) is 18.2 Å². The molecule has 0 radical (unpaired) electrons. The van der Waals surface area contributed by atoms with Gasteiger partial charge in [0, 0.05) is 5.69 Å². The van der Waals surface area contributed by atoms with Gasteiger partial charge in [-0.15, -0.1) is 0 Å². The summed E-state index contributed by atoms with van der Waals surface area (Å²) in [5.74, 6) is -0.500. The van der Waals surface area contributed by atoms with Gasteiger partial charge in [0.25, 0.3) is 0 Å². The van der Waals surface area contributed by atoms with Crippen molar-refractivity contribution in [1.29, 1.82) is 0 Å². The minimum atomic E-state index is -0.906. The molecule has 0 bridgehead atoms. The fourth-order valence-corrected chi connectivity index (χ4v) is 1.36. The Morgan fingerprint density at radius 2 is 2.00 bits per heavy atom. The van der Waals surface area contributed by atoms with Crippen molar-refractivity contribution < 1.29 is 14.6 Å². The highest BCUT2D eigenvalue weighted by Gasteiger charge is 2.27. The fraction of sp³-hybridized carbons (Fsp3) is 0.455. The molecule has 0 fully saturated rings. The maximum absolute atomic E-state index is 13.5. The first-order valence-electron chi connectivity index (χ1n) is 5.12. The molecule has 1 rings (SSSR count). The summed E-state index contributed by atoms with van der Waals surface area (Å²) >= 11 is 0. The van der Waals surface area contributed by atoms with Gasteiger partial charge in [-0.2, -0.15) is 0 Å². The van der Waals surface area contributed by atoms with Gasteiger partial charge < -0.3 is 21.3 Å². The molecular weight excluding hydrogens is 211 g/mol. The highest BCUT2D eigenvalue weighted by molar-refractivity contribution is 5.54. The quantitative estimate of drug-likeness (QED) is 0.566. The minimum absolute atomic E-state index is 0.221. The Balaban J connectivity index is 2.93. The molecule has 0 aliphatic heterocycles. The van der Waals surface area contributed by atoms with Crippen molar-refractivity contribution in [3.63, 3.8) is 0 Å². The van der Waals surface area contributed by atoms with E-state index in [2.05, 4.69) is 5.32 Å². The predicted octanol–water partition coefficient (Wildman–Crippen LogP) is 0.953. The number of nitrogens with two attached hydrogens (primary N) is 1. The lowest BCUT2D eigenvalue weighted by Gasteiger charge is -2.31. The number of nitrogens with one attached hydrogen (secondary N) is 1. The molecule has 0 saturated carbocycles. The van der Waals surface area contributed by atoms with Crippen LogP contribution in [-0.2, 0) is 0 Å². The largest absolute Gasteiger partial charge is 0.399 e. The number of halogens is 1. The van der Waals surface area contributed by atoms with Crippen molar-refractivity contribution in [1.82, 2.24) is 0 Å². The van der Waals surface area contributed by atoms with Gasteiger partial charge >= 0.3 is 0 Å². The Kier molecular flexibility index (Phi) is 4.09. The van der Waals surface area contributed by atoms with Crippen molar-refractivity contribution in [2.75, 3.05) is 24.3 Å². The molecule has 0 saturated heterocycles. The predicted molar refractivity (Wildman–Crippen MR) is 61.6 cm³/mol. The summed E-state index contributed by atoms with van der Waals surface area (Å²) in [5.41, 5.74) is 5.07. The fourth-order valence-electron chi connectivity index (χ4n) is 1.36. The second kappa shape index (κ2) is 5.14. The molecule has 5 heteroatoms. The molecule has 1 aromatic rings. The van der Waals surface area contributed by atoms with E-state index >= 15 is 0 Å². The van der Waals surface area contributed by atoms with Gasteiger partial charge in [0.15, 0.2) is 0 Å². The molecule has 16 heavy (non-hydrogen) atoms. The van der Waals surface area contributed by atoms with Gasteiger partial charge in [0.05, 0.1) is 24.4 Å². The van der Waals surface area contributed by atoms with Crippen LogP contribution in [0.5, 0.6) is 0 Å². The third-order valence-corrected chi connectivity index (χ3v) is 2.68. The topological polar surface area (TPSA) is 78.5 Å². The molecule has 0 heterocycles. The monoisotopic (exact) mass is 228 g/mol. The summed E-state index contributed by atoms with van der Waals surface area (Å²) < 4.78 is 13.5. The molecule has 0 aromatic heterocycles. The molecule has 0 aliphatic carbocycles. The first-order valence-corrected chi connectivity index (χ1v) is 5.12.